The normalized spacial score (nSPS) is 31.9. The molecule has 3 rings (SSSR count). The van der Waals surface area contributed by atoms with Gasteiger partial charge < -0.3 is 9.64 Å². The maximum atomic E-state index is 5.38. The lowest BCUT2D eigenvalue weighted by molar-refractivity contribution is 0.0119. The first-order chi connectivity index (χ1) is 9.69. The van der Waals surface area contributed by atoms with Gasteiger partial charge in [-0.1, -0.05) is 12.1 Å². The largest absolute Gasteiger partial charge is 0.497 e. The van der Waals surface area contributed by atoms with E-state index in [1.54, 1.807) is 7.11 Å². The lowest BCUT2D eigenvalue weighted by Gasteiger charge is -2.49. The standard InChI is InChI=1S/C17H26N2O/c1-18-10-9-17-14(12-18)7-8-16(19(17)2)13-5-4-6-15(11-13)20-3/h4-6,11,14,16-17H,7-10,12H2,1-3H3. The highest BCUT2D eigenvalue weighted by molar-refractivity contribution is 5.31. The Bertz CT molecular complexity index is 462. The third kappa shape index (κ3) is 2.57. The Balaban J connectivity index is 1.78. The lowest BCUT2D eigenvalue weighted by Crippen LogP contribution is -2.52. The second-order valence-electron chi connectivity index (χ2n) is 6.41. The topological polar surface area (TPSA) is 15.7 Å². The first-order valence-corrected chi connectivity index (χ1v) is 7.73. The fraction of sp³-hybridized carbons (Fsp3) is 0.647. The Kier molecular flexibility index (Phi) is 3.99. The average molecular weight is 274 g/mol. The van der Waals surface area contributed by atoms with Crippen molar-refractivity contribution >= 4 is 0 Å². The van der Waals surface area contributed by atoms with Crippen LogP contribution in [0.3, 0.4) is 0 Å². The minimum Gasteiger partial charge on any atom is -0.497 e. The fourth-order valence-electron chi connectivity index (χ4n) is 4.08. The lowest BCUT2D eigenvalue weighted by atomic mass is 9.80. The molecular formula is C17H26N2O. The van der Waals surface area contributed by atoms with E-state index in [4.69, 9.17) is 4.74 Å². The zero-order valence-electron chi connectivity index (χ0n) is 12.9. The van der Waals surface area contributed by atoms with Crippen LogP contribution in [0.5, 0.6) is 5.75 Å². The van der Waals surface area contributed by atoms with E-state index in [0.717, 1.165) is 17.7 Å². The molecule has 3 nitrogen and oxygen atoms in total. The molecule has 0 aromatic heterocycles. The molecule has 20 heavy (non-hydrogen) atoms. The maximum Gasteiger partial charge on any atom is 0.119 e. The molecule has 2 fully saturated rings. The van der Waals surface area contributed by atoms with Crippen LogP contribution in [0.2, 0.25) is 0 Å². The zero-order chi connectivity index (χ0) is 14.1. The predicted molar refractivity (Wildman–Crippen MR) is 82.1 cm³/mol. The van der Waals surface area contributed by atoms with Crippen molar-refractivity contribution in [3.63, 3.8) is 0 Å². The molecule has 0 spiro atoms. The molecule has 3 unspecified atom stereocenters. The third-order valence-corrected chi connectivity index (χ3v) is 5.20. The Morgan fingerprint density at radius 2 is 2.00 bits per heavy atom. The quantitative estimate of drug-likeness (QED) is 0.825. The van der Waals surface area contributed by atoms with Crippen LogP contribution in [0.25, 0.3) is 0 Å². The molecule has 2 heterocycles. The van der Waals surface area contributed by atoms with Crippen molar-refractivity contribution in [3.8, 4) is 5.75 Å². The number of ether oxygens (including phenoxy) is 1. The van der Waals surface area contributed by atoms with Crippen LogP contribution >= 0.6 is 0 Å². The summed E-state index contributed by atoms with van der Waals surface area (Å²) in [5.41, 5.74) is 1.41. The van der Waals surface area contributed by atoms with Gasteiger partial charge in [0, 0.05) is 18.6 Å². The highest BCUT2D eigenvalue weighted by atomic mass is 16.5. The minimum atomic E-state index is 0.551. The minimum absolute atomic E-state index is 0.551. The van der Waals surface area contributed by atoms with Crippen LogP contribution < -0.4 is 4.74 Å². The molecular weight excluding hydrogens is 248 g/mol. The van der Waals surface area contributed by atoms with Crippen molar-refractivity contribution in [1.82, 2.24) is 9.80 Å². The highest BCUT2D eigenvalue weighted by Crippen LogP contribution is 2.39. The third-order valence-electron chi connectivity index (χ3n) is 5.20. The molecule has 2 aliphatic heterocycles. The number of hydrogen-bond donors (Lipinski definition) is 0. The molecule has 0 aliphatic carbocycles. The van der Waals surface area contributed by atoms with Crippen molar-refractivity contribution in [1.29, 1.82) is 0 Å². The Morgan fingerprint density at radius 3 is 2.80 bits per heavy atom. The number of nitrogens with zero attached hydrogens (tertiary/aromatic N) is 2. The van der Waals surface area contributed by atoms with E-state index in [1.807, 2.05) is 6.07 Å². The van der Waals surface area contributed by atoms with Crippen molar-refractivity contribution in [3.05, 3.63) is 29.8 Å². The van der Waals surface area contributed by atoms with Gasteiger partial charge in [-0.3, -0.25) is 4.90 Å². The van der Waals surface area contributed by atoms with Gasteiger partial charge in [-0.05, 0) is 63.5 Å². The van der Waals surface area contributed by atoms with Crippen LogP contribution in [0.15, 0.2) is 24.3 Å². The molecule has 0 amide bonds. The molecule has 0 radical (unpaired) electrons. The van der Waals surface area contributed by atoms with Gasteiger partial charge >= 0.3 is 0 Å². The molecule has 0 bridgehead atoms. The van der Waals surface area contributed by atoms with E-state index >= 15 is 0 Å². The summed E-state index contributed by atoms with van der Waals surface area (Å²) in [7, 11) is 6.31. The monoisotopic (exact) mass is 274 g/mol. The Morgan fingerprint density at radius 1 is 1.15 bits per heavy atom. The van der Waals surface area contributed by atoms with Crippen molar-refractivity contribution in [2.75, 3.05) is 34.3 Å². The first-order valence-electron chi connectivity index (χ1n) is 7.73. The molecule has 0 saturated carbocycles. The highest BCUT2D eigenvalue weighted by Gasteiger charge is 2.38. The van der Waals surface area contributed by atoms with E-state index in [9.17, 15) is 0 Å². The Labute approximate surface area is 122 Å². The number of fused-ring (bicyclic) bond motifs is 1. The molecule has 3 atom stereocenters. The first kappa shape index (κ1) is 13.9. The van der Waals surface area contributed by atoms with Gasteiger partial charge in [0.15, 0.2) is 0 Å². The number of piperidine rings is 2. The van der Waals surface area contributed by atoms with Gasteiger partial charge in [-0.2, -0.15) is 0 Å². The van der Waals surface area contributed by atoms with Gasteiger partial charge in [0.25, 0.3) is 0 Å². The number of likely N-dealkylation sites (tertiary alicyclic amines) is 2. The summed E-state index contributed by atoms with van der Waals surface area (Å²) in [4.78, 5) is 5.11. The molecule has 110 valence electrons. The van der Waals surface area contributed by atoms with Crippen molar-refractivity contribution in [2.45, 2.75) is 31.3 Å². The number of methoxy groups -OCH3 is 1. The van der Waals surface area contributed by atoms with E-state index in [0.29, 0.717) is 6.04 Å². The van der Waals surface area contributed by atoms with Gasteiger partial charge in [0.2, 0.25) is 0 Å². The van der Waals surface area contributed by atoms with E-state index in [-0.39, 0.29) is 0 Å². The number of rotatable bonds is 2. The van der Waals surface area contributed by atoms with E-state index in [2.05, 4.69) is 42.1 Å². The second-order valence-corrected chi connectivity index (χ2v) is 6.41. The molecule has 1 aromatic carbocycles. The van der Waals surface area contributed by atoms with Crippen molar-refractivity contribution < 1.29 is 4.74 Å². The van der Waals surface area contributed by atoms with E-state index in [1.165, 1.54) is 37.9 Å². The fourth-order valence-corrected chi connectivity index (χ4v) is 4.08. The van der Waals surface area contributed by atoms with Gasteiger partial charge in [-0.25, -0.2) is 0 Å². The van der Waals surface area contributed by atoms with Gasteiger partial charge in [0.1, 0.15) is 5.75 Å². The summed E-state index contributed by atoms with van der Waals surface area (Å²) in [5.74, 6) is 1.82. The second kappa shape index (κ2) is 5.74. The molecule has 1 aromatic rings. The van der Waals surface area contributed by atoms with Gasteiger partial charge in [0.05, 0.1) is 7.11 Å². The maximum absolute atomic E-state index is 5.38. The van der Waals surface area contributed by atoms with Gasteiger partial charge in [-0.15, -0.1) is 0 Å². The summed E-state index contributed by atoms with van der Waals surface area (Å²) in [6.07, 6.45) is 3.91. The van der Waals surface area contributed by atoms with Crippen LogP contribution in [-0.4, -0.2) is 50.1 Å². The number of benzene rings is 1. The van der Waals surface area contributed by atoms with Crippen LogP contribution in [-0.2, 0) is 0 Å². The summed E-state index contributed by atoms with van der Waals surface area (Å²) >= 11 is 0. The summed E-state index contributed by atoms with van der Waals surface area (Å²) in [6, 6.07) is 9.90. The zero-order valence-corrected chi connectivity index (χ0v) is 12.9. The summed E-state index contributed by atoms with van der Waals surface area (Å²) in [6.45, 7) is 2.50. The molecule has 2 aliphatic rings. The smallest absolute Gasteiger partial charge is 0.119 e. The molecule has 0 N–H and O–H groups in total. The Hall–Kier alpha value is -1.06. The molecule has 3 heteroatoms. The summed E-state index contributed by atoms with van der Waals surface area (Å²) < 4.78 is 5.38. The number of hydrogen-bond acceptors (Lipinski definition) is 3. The predicted octanol–water partition coefficient (Wildman–Crippen LogP) is 2.78. The van der Waals surface area contributed by atoms with E-state index < -0.39 is 0 Å². The van der Waals surface area contributed by atoms with Crippen LogP contribution in [0.4, 0.5) is 0 Å². The van der Waals surface area contributed by atoms with Crippen molar-refractivity contribution in [2.24, 2.45) is 5.92 Å². The molecule has 2 saturated heterocycles. The SMILES string of the molecule is COc1cccc(C2CCC3CN(C)CCC3N2C)c1. The van der Waals surface area contributed by atoms with Crippen LogP contribution in [0, 0.1) is 5.92 Å². The average Bonchev–Trinajstić information content (AvgIpc) is 2.47. The summed E-state index contributed by atoms with van der Waals surface area (Å²) in [5, 5.41) is 0. The van der Waals surface area contributed by atoms with Crippen LogP contribution in [0.1, 0.15) is 30.9 Å².